The highest BCUT2D eigenvalue weighted by atomic mass is 32.2. The van der Waals surface area contributed by atoms with E-state index in [2.05, 4.69) is 59.5 Å². The number of unbranched alkanes of at least 4 members (excludes halogenated alkanes) is 1. The minimum absolute atomic E-state index is 0.205. The molecule has 3 aromatic rings. The van der Waals surface area contributed by atoms with Gasteiger partial charge in [0.1, 0.15) is 11.5 Å². The van der Waals surface area contributed by atoms with Crippen LogP contribution in [0.2, 0.25) is 0 Å². The highest BCUT2D eigenvalue weighted by Crippen LogP contribution is 2.47. The third-order valence-corrected chi connectivity index (χ3v) is 8.05. The minimum Gasteiger partial charge on any atom is -0.508 e. The zero-order valence-corrected chi connectivity index (χ0v) is 20.0. The number of benzene rings is 3. The van der Waals surface area contributed by atoms with Gasteiger partial charge in [0.25, 0.3) is 0 Å². The summed E-state index contributed by atoms with van der Waals surface area (Å²) in [6.07, 6.45) is 5.33. The standard InChI is InChI=1S/C29H33NO2S/c31-24-12-15-26-28(20-24)32-21-27(22-8-2-1-3-9-22)29(26)23-10-13-25(14-11-23)33-19-7-6-18-30-16-4-5-17-30/h1-3,8-15,20,27,29,31H,4-7,16-19,21H2. The topological polar surface area (TPSA) is 32.7 Å². The quantitative estimate of drug-likeness (QED) is 0.301. The largest absolute Gasteiger partial charge is 0.508 e. The van der Waals surface area contributed by atoms with Crippen molar-refractivity contribution in [2.45, 2.75) is 42.4 Å². The molecule has 2 heterocycles. The average molecular weight is 460 g/mol. The van der Waals surface area contributed by atoms with Gasteiger partial charge in [-0.25, -0.2) is 0 Å². The zero-order valence-electron chi connectivity index (χ0n) is 19.2. The zero-order chi connectivity index (χ0) is 22.5. The smallest absolute Gasteiger partial charge is 0.126 e. The van der Waals surface area contributed by atoms with Gasteiger partial charge in [-0.3, -0.25) is 0 Å². The Morgan fingerprint density at radius 3 is 2.45 bits per heavy atom. The van der Waals surface area contributed by atoms with Crippen LogP contribution in [-0.2, 0) is 0 Å². The number of hydrogen-bond acceptors (Lipinski definition) is 4. The molecule has 0 amide bonds. The number of nitrogens with zero attached hydrogens (tertiary/aromatic N) is 1. The van der Waals surface area contributed by atoms with E-state index >= 15 is 0 Å². The van der Waals surface area contributed by atoms with E-state index in [1.54, 1.807) is 12.1 Å². The number of ether oxygens (including phenoxy) is 1. The molecular weight excluding hydrogens is 426 g/mol. The van der Waals surface area contributed by atoms with Gasteiger partial charge in [0.2, 0.25) is 0 Å². The van der Waals surface area contributed by atoms with Gasteiger partial charge in [0.05, 0.1) is 6.61 Å². The highest BCUT2D eigenvalue weighted by Gasteiger charge is 2.33. The van der Waals surface area contributed by atoms with Crippen LogP contribution in [0.3, 0.4) is 0 Å². The summed E-state index contributed by atoms with van der Waals surface area (Å²) in [6.45, 7) is 4.47. The Balaban J connectivity index is 1.28. The van der Waals surface area contributed by atoms with E-state index in [4.69, 9.17) is 4.74 Å². The first-order chi connectivity index (χ1) is 16.3. The van der Waals surface area contributed by atoms with Crippen LogP contribution in [0.1, 0.15) is 54.2 Å². The van der Waals surface area contributed by atoms with Crippen molar-refractivity contribution < 1.29 is 9.84 Å². The van der Waals surface area contributed by atoms with Crippen LogP contribution >= 0.6 is 11.8 Å². The molecule has 1 saturated heterocycles. The fraction of sp³-hybridized carbons (Fsp3) is 0.379. The van der Waals surface area contributed by atoms with Crippen molar-refractivity contribution in [3.8, 4) is 11.5 Å². The summed E-state index contributed by atoms with van der Waals surface area (Å²) in [6, 6.07) is 25.3. The number of phenols is 1. The maximum Gasteiger partial charge on any atom is 0.126 e. The van der Waals surface area contributed by atoms with Crippen molar-refractivity contribution in [2.75, 3.05) is 32.0 Å². The van der Waals surface area contributed by atoms with Gasteiger partial charge in [0.15, 0.2) is 0 Å². The van der Waals surface area contributed by atoms with E-state index in [9.17, 15) is 5.11 Å². The Hall–Kier alpha value is -2.43. The molecule has 3 aromatic carbocycles. The molecule has 0 aliphatic carbocycles. The summed E-state index contributed by atoms with van der Waals surface area (Å²) in [7, 11) is 0. The molecule has 3 nitrogen and oxygen atoms in total. The van der Waals surface area contributed by atoms with Gasteiger partial charge < -0.3 is 14.7 Å². The molecule has 0 saturated carbocycles. The van der Waals surface area contributed by atoms with E-state index in [-0.39, 0.29) is 17.6 Å². The van der Waals surface area contributed by atoms with Crippen molar-refractivity contribution in [2.24, 2.45) is 0 Å². The summed E-state index contributed by atoms with van der Waals surface area (Å²) in [5.41, 5.74) is 3.74. The van der Waals surface area contributed by atoms with Crippen LogP contribution in [0, 0.1) is 0 Å². The number of fused-ring (bicyclic) bond motifs is 1. The van der Waals surface area contributed by atoms with E-state index < -0.39 is 0 Å². The maximum absolute atomic E-state index is 9.96. The molecular formula is C29H33NO2S. The molecule has 0 radical (unpaired) electrons. The Kier molecular flexibility index (Phi) is 7.23. The molecule has 2 aliphatic rings. The van der Waals surface area contributed by atoms with Crippen LogP contribution in [0.5, 0.6) is 11.5 Å². The number of hydrogen-bond donors (Lipinski definition) is 1. The first-order valence-corrected chi connectivity index (χ1v) is 13.2. The lowest BCUT2D eigenvalue weighted by atomic mass is 9.76. The first-order valence-electron chi connectivity index (χ1n) is 12.2. The predicted octanol–water partition coefficient (Wildman–Crippen LogP) is 6.67. The Morgan fingerprint density at radius 1 is 0.879 bits per heavy atom. The molecule has 1 N–H and O–H groups in total. The second kappa shape index (κ2) is 10.7. The Labute approximate surface area is 201 Å². The van der Waals surface area contributed by atoms with Crippen LogP contribution in [0.25, 0.3) is 0 Å². The maximum atomic E-state index is 9.96. The molecule has 4 heteroatoms. The predicted molar refractivity (Wildman–Crippen MR) is 137 cm³/mol. The molecule has 2 atom stereocenters. The van der Waals surface area contributed by atoms with Crippen molar-refractivity contribution in [3.05, 3.63) is 89.5 Å². The van der Waals surface area contributed by atoms with Gasteiger partial charge in [0, 0.05) is 28.4 Å². The van der Waals surface area contributed by atoms with E-state index in [1.807, 2.05) is 17.8 Å². The van der Waals surface area contributed by atoms with E-state index in [1.165, 1.54) is 67.1 Å². The molecule has 5 rings (SSSR count). The van der Waals surface area contributed by atoms with Gasteiger partial charge in [-0.1, -0.05) is 48.5 Å². The molecule has 0 aromatic heterocycles. The summed E-state index contributed by atoms with van der Waals surface area (Å²) >= 11 is 1.97. The minimum atomic E-state index is 0.205. The van der Waals surface area contributed by atoms with Crippen molar-refractivity contribution in [3.63, 3.8) is 0 Å². The number of rotatable bonds is 8. The van der Waals surface area contributed by atoms with Crippen molar-refractivity contribution >= 4 is 11.8 Å². The van der Waals surface area contributed by atoms with Crippen LogP contribution in [0.4, 0.5) is 0 Å². The lowest BCUT2D eigenvalue weighted by molar-refractivity contribution is 0.248. The Morgan fingerprint density at radius 2 is 1.67 bits per heavy atom. The average Bonchev–Trinajstić information content (AvgIpc) is 3.38. The summed E-state index contributed by atoms with van der Waals surface area (Å²) in [5, 5.41) is 9.96. The highest BCUT2D eigenvalue weighted by molar-refractivity contribution is 7.99. The third-order valence-electron chi connectivity index (χ3n) is 6.96. The Bertz CT molecular complexity index is 1030. The number of phenolic OH excluding ortho intramolecular Hbond substituents is 1. The molecule has 0 bridgehead atoms. The van der Waals surface area contributed by atoms with Gasteiger partial charge in [-0.15, -0.1) is 11.8 Å². The molecule has 2 unspecified atom stereocenters. The molecule has 0 spiro atoms. The van der Waals surface area contributed by atoms with E-state index in [0.29, 0.717) is 6.61 Å². The molecule has 1 fully saturated rings. The second-order valence-electron chi connectivity index (χ2n) is 9.20. The van der Waals surface area contributed by atoms with Gasteiger partial charge in [-0.2, -0.15) is 0 Å². The molecule has 172 valence electrons. The van der Waals surface area contributed by atoms with Gasteiger partial charge in [-0.05, 0) is 80.4 Å². The summed E-state index contributed by atoms with van der Waals surface area (Å²) < 4.78 is 6.09. The van der Waals surface area contributed by atoms with Crippen LogP contribution in [0.15, 0.2) is 77.7 Å². The lowest BCUT2D eigenvalue weighted by Crippen LogP contribution is -2.25. The number of likely N-dealkylation sites (tertiary alicyclic amines) is 1. The lowest BCUT2D eigenvalue weighted by Gasteiger charge is -2.34. The van der Waals surface area contributed by atoms with Crippen LogP contribution < -0.4 is 4.74 Å². The molecule has 33 heavy (non-hydrogen) atoms. The van der Waals surface area contributed by atoms with Gasteiger partial charge >= 0.3 is 0 Å². The summed E-state index contributed by atoms with van der Waals surface area (Å²) in [4.78, 5) is 3.95. The fourth-order valence-corrected chi connectivity index (χ4v) is 6.12. The fourth-order valence-electron chi connectivity index (χ4n) is 5.20. The van der Waals surface area contributed by atoms with E-state index in [0.717, 1.165) is 11.3 Å². The van der Waals surface area contributed by atoms with Crippen molar-refractivity contribution in [1.29, 1.82) is 0 Å². The normalized spacial score (nSPS) is 20.4. The molecule has 2 aliphatic heterocycles. The van der Waals surface area contributed by atoms with Crippen molar-refractivity contribution in [1.82, 2.24) is 4.90 Å². The SMILES string of the molecule is Oc1ccc2c(c1)OCC(c1ccccc1)C2c1ccc(SCCCCN2CCCC2)cc1. The first kappa shape index (κ1) is 22.4. The second-order valence-corrected chi connectivity index (χ2v) is 10.4. The summed E-state index contributed by atoms with van der Waals surface area (Å²) in [5.74, 6) is 2.67. The monoisotopic (exact) mass is 459 g/mol. The van der Waals surface area contributed by atoms with Crippen LogP contribution in [-0.4, -0.2) is 42.0 Å². The third kappa shape index (κ3) is 5.39. The number of aromatic hydroxyl groups is 1. The number of thioether (sulfide) groups is 1.